The second-order valence-corrected chi connectivity index (χ2v) is 5.29. The molecule has 2 rings (SSSR count). The van der Waals surface area contributed by atoms with E-state index in [1.165, 1.54) is 17.2 Å². The molecule has 2 heteroatoms. The highest BCUT2D eigenvalue weighted by atomic mass is 79.9. The Labute approximate surface area is 110 Å². The van der Waals surface area contributed by atoms with E-state index in [1.807, 2.05) is 18.2 Å². The largest absolute Gasteiger partial charge is 0.207 e. The normalized spacial score (nSPS) is 12.4. The maximum absolute atomic E-state index is 13.6. The summed E-state index contributed by atoms with van der Waals surface area (Å²) in [7, 11) is 0. The summed E-state index contributed by atoms with van der Waals surface area (Å²) in [5.41, 5.74) is 3.17. The monoisotopic (exact) mass is 292 g/mol. The quantitative estimate of drug-likeness (QED) is 0.712. The Morgan fingerprint density at radius 3 is 2.59 bits per heavy atom. The summed E-state index contributed by atoms with van der Waals surface area (Å²) < 4.78 is 13.6. The summed E-state index contributed by atoms with van der Waals surface area (Å²) in [5, 5.41) is 0. The average Bonchev–Trinajstić information content (AvgIpc) is 2.29. The van der Waals surface area contributed by atoms with Gasteiger partial charge in [-0.25, -0.2) is 4.39 Å². The molecule has 0 spiro atoms. The topological polar surface area (TPSA) is 0 Å². The van der Waals surface area contributed by atoms with Gasteiger partial charge < -0.3 is 0 Å². The van der Waals surface area contributed by atoms with Gasteiger partial charge in [-0.15, -0.1) is 0 Å². The third kappa shape index (κ3) is 3.16. The number of rotatable bonds is 3. The molecule has 88 valence electrons. The van der Waals surface area contributed by atoms with Crippen LogP contribution in [0.15, 0.2) is 48.5 Å². The Morgan fingerprint density at radius 2 is 1.88 bits per heavy atom. The molecule has 0 nitrogen and oxygen atoms in total. The van der Waals surface area contributed by atoms with Crippen molar-refractivity contribution < 1.29 is 4.39 Å². The molecule has 0 fully saturated rings. The number of hydrogen-bond acceptors (Lipinski definition) is 0. The summed E-state index contributed by atoms with van der Waals surface area (Å²) in [6.07, 6.45) is 0.794. The van der Waals surface area contributed by atoms with E-state index in [0.29, 0.717) is 5.56 Å². The molecule has 1 atom stereocenters. The van der Waals surface area contributed by atoms with Gasteiger partial charge in [0.15, 0.2) is 0 Å². The van der Waals surface area contributed by atoms with Crippen molar-refractivity contribution in [1.82, 2.24) is 0 Å². The Morgan fingerprint density at radius 1 is 1.12 bits per heavy atom. The molecule has 1 unspecified atom stereocenters. The van der Waals surface area contributed by atoms with Gasteiger partial charge in [-0.2, -0.15) is 0 Å². The van der Waals surface area contributed by atoms with E-state index in [2.05, 4.69) is 41.1 Å². The van der Waals surface area contributed by atoms with Gasteiger partial charge in [-0.1, -0.05) is 64.0 Å². The zero-order chi connectivity index (χ0) is 12.3. The van der Waals surface area contributed by atoms with E-state index >= 15 is 0 Å². The standard InChI is InChI=1S/C15H14BrF/c1-11-5-4-6-12(9-11)10-14(16)13-7-2-3-8-15(13)17/h2-9,14H,10H2,1H3. The lowest BCUT2D eigenvalue weighted by Crippen LogP contribution is -1.98. The minimum Gasteiger partial charge on any atom is -0.207 e. The second-order valence-electron chi connectivity index (χ2n) is 4.18. The van der Waals surface area contributed by atoms with Gasteiger partial charge in [0.2, 0.25) is 0 Å². The average molecular weight is 293 g/mol. The molecule has 0 bridgehead atoms. The predicted octanol–water partition coefficient (Wildman–Crippen LogP) is 4.81. The van der Waals surface area contributed by atoms with Gasteiger partial charge in [0.25, 0.3) is 0 Å². The molecule has 0 radical (unpaired) electrons. The van der Waals surface area contributed by atoms with Crippen molar-refractivity contribution in [3.8, 4) is 0 Å². The Balaban J connectivity index is 2.17. The molecular weight excluding hydrogens is 279 g/mol. The van der Waals surface area contributed by atoms with Crippen LogP contribution in [-0.4, -0.2) is 0 Å². The first-order valence-corrected chi connectivity index (χ1v) is 6.52. The summed E-state index contributed by atoms with van der Waals surface area (Å²) in [6.45, 7) is 2.07. The maximum Gasteiger partial charge on any atom is 0.127 e. The molecule has 0 aliphatic carbocycles. The van der Waals surface area contributed by atoms with Crippen molar-refractivity contribution in [1.29, 1.82) is 0 Å². The van der Waals surface area contributed by atoms with Crippen LogP contribution in [0.5, 0.6) is 0 Å². The Bertz CT molecular complexity index is 508. The van der Waals surface area contributed by atoms with Crippen LogP contribution in [-0.2, 0) is 6.42 Å². The van der Waals surface area contributed by atoms with Gasteiger partial charge in [-0.05, 0) is 25.0 Å². The third-order valence-electron chi connectivity index (χ3n) is 2.74. The SMILES string of the molecule is Cc1cccc(CC(Br)c2ccccc2F)c1. The Kier molecular flexibility index (Phi) is 3.95. The minimum atomic E-state index is -0.151. The summed E-state index contributed by atoms with van der Waals surface area (Å²) >= 11 is 3.56. The van der Waals surface area contributed by atoms with Crippen molar-refractivity contribution in [2.75, 3.05) is 0 Å². The molecule has 0 aliphatic heterocycles. The van der Waals surface area contributed by atoms with Crippen molar-refractivity contribution in [2.24, 2.45) is 0 Å². The zero-order valence-electron chi connectivity index (χ0n) is 9.66. The molecule has 0 N–H and O–H groups in total. The molecule has 0 aromatic heterocycles. The summed E-state index contributed by atoms with van der Waals surface area (Å²) in [4.78, 5) is 0.0190. The molecular formula is C15H14BrF. The molecule has 17 heavy (non-hydrogen) atoms. The van der Waals surface area contributed by atoms with Gasteiger partial charge in [0, 0.05) is 10.4 Å². The first kappa shape index (κ1) is 12.3. The second kappa shape index (κ2) is 5.46. The molecule has 0 amide bonds. The first-order chi connectivity index (χ1) is 8.16. The molecule has 0 saturated carbocycles. The molecule has 0 aliphatic rings. The zero-order valence-corrected chi connectivity index (χ0v) is 11.2. The molecule has 2 aromatic rings. The van der Waals surface area contributed by atoms with Crippen LogP contribution in [0.1, 0.15) is 21.5 Å². The van der Waals surface area contributed by atoms with Crippen LogP contribution in [0.25, 0.3) is 0 Å². The van der Waals surface area contributed by atoms with Crippen molar-refractivity contribution in [3.05, 3.63) is 71.0 Å². The molecule has 2 aromatic carbocycles. The fourth-order valence-corrected chi connectivity index (χ4v) is 2.63. The highest BCUT2D eigenvalue weighted by Gasteiger charge is 2.12. The van der Waals surface area contributed by atoms with Crippen LogP contribution >= 0.6 is 15.9 Å². The van der Waals surface area contributed by atoms with E-state index in [0.717, 1.165) is 6.42 Å². The van der Waals surface area contributed by atoms with E-state index < -0.39 is 0 Å². The highest BCUT2D eigenvalue weighted by molar-refractivity contribution is 9.09. The van der Waals surface area contributed by atoms with Crippen LogP contribution in [0.3, 0.4) is 0 Å². The molecule has 0 heterocycles. The van der Waals surface area contributed by atoms with Gasteiger partial charge in [0.1, 0.15) is 5.82 Å². The van der Waals surface area contributed by atoms with Gasteiger partial charge in [0.05, 0.1) is 0 Å². The number of alkyl halides is 1. The van der Waals surface area contributed by atoms with E-state index in [-0.39, 0.29) is 10.6 Å². The van der Waals surface area contributed by atoms with Crippen molar-refractivity contribution in [3.63, 3.8) is 0 Å². The van der Waals surface area contributed by atoms with Crippen LogP contribution < -0.4 is 0 Å². The van der Waals surface area contributed by atoms with Crippen LogP contribution in [0.4, 0.5) is 4.39 Å². The predicted molar refractivity (Wildman–Crippen MR) is 73.0 cm³/mol. The lowest BCUT2D eigenvalue weighted by molar-refractivity contribution is 0.608. The lowest BCUT2D eigenvalue weighted by atomic mass is 10.0. The summed E-state index contributed by atoms with van der Waals surface area (Å²) in [6, 6.07) is 15.2. The Hall–Kier alpha value is -1.15. The fraction of sp³-hybridized carbons (Fsp3) is 0.200. The van der Waals surface area contributed by atoms with Crippen molar-refractivity contribution >= 4 is 15.9 Å². The third-order valence-corrected chi connectivity index (χ3v) is 3.56. The van der Waals surface area contributed by atoms with E-state index in [4.69, 9.17) is 0 Å². The van der Waals surface area contributed by atoms with Gasteiger partial charge >= 0.3 is 0 Å². The summed E-state index contributed by atoms with van der Waals surface area (Å²) in [5.74, 6) is -0.151. The maximum atomic E-state index is 13.6. The highest BCUT2D eigenvalue weighted by Crippen LogP contribution is 2.29. The van der Waals surface area contributed by atoms with Gasteiger partial charge in [-0.3, -0.25) is 0 Å². The first-order valence-electron chi connectivity index (χ1n) is 5.61. The van der Waals surface area contributed by atoms with Crippen LogP contribution in [0.2, 0.25) is 0 Å². The number of benzene rings is 2. The minimum absolute atomic E-state index is 0.0190. The van der Waals surface area contributed by atoms with Crippen molar-refractivity contribution in [2.45, 2.75) is 18.2 Å². The fourth-order valence-electron chi connectivity index (χ4n) is 1.89. The van der Waals surface area contributed by atoms with Crippen LogP contribution in [0, 0.1) is 12.7 Å². The van der Waals surface area contributed by atoms with E-state index in [1.54, 1.807) is 6.07 Å². The lowest BCUT2D eigenvalue weighted by Gasteiger charge is -2.11. The van der Waals surface area contributed by atoms with E-state index in [9.17, 15) is 4.39 Å². The molecule has 0 saturated heterocycles. The number of halogens is 2. The number of aryl methyl sites for hydroxylation is 1. The smallest absolute Gasteiger partial charge is 0.127 e. The number of hydrogen-bond donors (Lipinski definition) is 0.